The highest BCUT2D eigenvalue weighted by Gasteiger charge is 2.14. The van der Waals surface area contributed by atoms with Crippen molar-refractivity contribution in [2.24, 2.45) is 5.14 Å². The normalized spacial score (nSPS) is 12.8. The number of sulfonamides is 1. The first kappa shape index (κ1) is 21.0. The fraction of sp³-hybridized carbons (Fsp3) is 0.227. The minimum atomic E-state index is -3.72. The molecule has 1 amide bonds. The maximum Gasteiger partial charge on any atom is 0.238 e. The van der Waals surface area contributed by atoms with Gasteiger partial charge >= 0.3 is 0 Å². The van der Waals surface area contributed by atoms with Crippen LogP contribution in [-0.2, 0) is 21.4 Å². The highest BCUT2D eigenvalue weighted by atomic mass is 32.2. The summed E-state index contributed by atoms with van der Waals surface area (Å²) in [6, 6.07) is 20.4. The van der Waals surface area contributed by atoms with Crippen molar-refractivity contribution in [3.8, 4) is 0 Å². The maximum absolute atomic E-state index is 12.4. The van der Waals surface area contributed by atoms with Crippen molar-refractivity contribution in [1.29, 1.82) is 0 Å². The Morgan fingerprint density at radius 2 is 1.69 bits per heavy atom. The Morgan fingerprint density at radius 3 is 2.34 bits per heavy atom. The van der Waals surface area contributed by atoms with E-state index < -0.39 is 10.0 Å². The van der Waals surface area contributed by atoms with Crippen LogP contribution >= 0.6 is 0 Å². The molecule has 7 heteroatoms. The second kappa shape index (κ2) is 8.73. The number of carbonyl (C=O) groups is 1. The predicted octanol–water partition coefficient (Wildman–Crippen LogP) is 2.80. The van der Waals surface area contributed by atoms with Crippen LogP contribution in [-0.4, -0.2) is 32.8 Å². The summed E-state index contributed by atoms with van der Waals surface area (Å²) in [5, 5.41) is 10.4. The van der Waals surface area contributed by atoms with Gasteiger partial charge in [-0.3, -0.25) is 9.69 Å². The van der Waals surface area contributed by atoms with Gasteiger partial charge in [0.1, 0.15) is 0 Å². The van der Waals surface area contributed by atoms with Crippen LogP contribution in [0.2, 0.25) is 0 Å². The first-order valence-electron chi connectivity index (χ1n) is 9.31. The van der Waals surface area contributed by atoms with E-state index in [-0.39, 0.29) is 23.4 Å². The Labute approximate surface area is 171 Å². The number of primary sulfonamides is 1. The zero-order valence-electron chi connectivity index (χ0n) is 16.5. The van der Waals surface area contributed by atoms with Crippen molar-refractivity contribution < 1.29 is 13.2 Å². The molecule has 0 aromatic heterocycles. The van der Waals surface area contributed by atoms with Gasteiger partial charge in [0, 0.05) is 6.54 Å². The fourth-order valence-corrected chi connectivity index (χ4v) is 3.78. The SMILES string of the molecule is C[C@H](NC(=O)CN(C)Cc1ccc2ccccc2c1)c1ccc(S(N)(=O)=O)cc1. The van der Waals surface area contributed by atoms with Crippen LogP contribution in [0.4, 0.5) is 0 Å². The van der Waals surface area contributed by atoms with Crippen LogP contribution in [0.3, 0.4) is 0 Å². The molecule has 0 fully saturated rings. The van der Waals surface area contributed by atoms with Crippen LogP contribution in [0.1, 0.15) is 24.1 Å². The number of rotatable bonds is 7. The smallest absolute Gasteiger partial charge is 0.238 e. The van der Waals surface area contributed by atoms with Gasteiger partial charge in [0.05, 0.1) is 17.5 Å². The van der Waals surface area contributed by atoms with Crippen LogP contribution in [0.5, 0.6) is 0 Å². The summed E-state index contributed by atoms with van der Waals surface area (Å²) in [7, 11) is -1.82. The van der Waals surface area contributed by atoms with E-state index in [2.05, 4.69) is 35.6 Å². The summed E-state index contributed by atoms with van der Waals surface area (Å²) < 4.78 is 22.7. The van der Waals surface area contributed by atoms with E-state index in [0.717, 1.165) is 11.1 Å². The second-order valence-electron chi connectivity index (χ2n) is 7.26. The third-order valence-corrected chi connectivity index (χ3v) is 5.70. The number of likely N-dealkylation sites (N-methyl/N-ethyl adjacent to an activating group) is 1. The number of fused-ring (bicyclic) bond motifs is 1. The van der Waals surface area contributed by atoms with Crippen molar-refractivity contribution in [3.63, 3.8) is 0 Å². The molecule has 3 aromatic carbocycles. The summed E-state index contributed by atoms with van der Waals surface area (Å²) in [5.41, 5.74) is 1.95. The number of hydrogen-bond donors (Lipinski definition) is 2. The Morgan fingerprint density at radius 1 is 1.03 bits per heavy atom. The van der Waals surface area contributed by atoms with Gasteiger partial charge in [0.25, 0.3) is 0 Å². The zero-order valence-corrected chi connectivity index (χ0v) is 17.3. The highest BCUT2D eigenvalue weighted by molar-refractivity contribution is 7.89. The quantitative estimate of drug-likeness (QED) is 0.625. The van der Waals surface area contributed by atoms with E-state index >= 15 is 0 Å². The second-order valence-corrected chi connectivity index (χ2v) is 8.82. The van der Waals surface area contributed by atoms with Crippen LogP contribution in [0.25, 0.3) is 10.8 Å². The average molecular weight is 412 g/mol. The van der Waals surface area contributed by atoms with Crippen molar-refractivity contribution in [2.45, 2.75) is 24.4 Å². The summed E-state index contributed by atoms with van der Waals surface area (Å²) in [5.74, 6) is -0.101. The summed E-state index contributed by atoms with van der Waals surface area (Å²) in [6.07, 6.45) is 0. The van der Waals surface area contributed by atoms with Gasteiger partial charge in [-0.1, -0.05) is 48.5 Å². The van der Waals surface area contributed by atoms with E-state index in [9.17, 15) is 13.2 Å². The molecule has 0 aliphatic carbocycles. The van der Waals surface area contributed by atoms with Crippen LogP contribution < -0.4 is 10.5 Å². The molecule has 6 nitrogen and oxygen atoms in total. The number of nitrogens with one attached hydrogen (secondary N) is 1. The van der Waals surface area contributed by atoms with Gasteiger partial charge in [-0.25, -0.2) is 13.6 Å². The van der Waals surface area contributed by atoms with E-state index in [1.807, 2.05) is 31.0 Å². The van der Waals surface area contributed by atoms with Crippen molar-refractivity contribution in [1.82, 2.24) is 10.2 Å². The zero-order chi connectivity index (χ0) is 21.0. The molecule has 0 bridgehead atoms. The first-order valence-corrected chi connectivity index (χ1v) is 10.9. The summed E-state index contributed by atoms with van der Waals surface area (Å²) >= 11 is 0. The molecule has 152 valence electrons. The Bertz CT molecular complexity index is 1110. The molecular weight excluding hydrogens is 386 g/mol. The van der Waals surface area contributed by atoms with Crippen molar-refractivity contribution in [3.05, 3.63) is 77.9 Å². The van der Waals surface area contributed by atoms with Gasteiger partial charge in [-0.15, -0.1) is 0 Å². The molecule has 29 heavy (non-hydrogen) atoms. The third kappa shape index (κ3) is 5.63. The maximum atomic E-state index is 12.4. The summed E-state index contributed by atoms with van der Waals surface area (Å²) in [6.45, 7) is 2.77. The number of benzene rings is 3. The van der Waals surface area contributed by atoms with Gasteiger partial charge < -0.3 is 5.32 Å². The van der Waals surface area contributed by atoms with Gasteiger partial charge in [-0.05, 0) is 54.1 Å². The van der Waals surface area contributed by atoms with Gasteiger partial charge in [0.15, 0.2) is 0 Å². The Hall–Kier alpha value is -2.74. The average Bonchev–Trinajstić information content (AvgIpc) is 2.67. The van der Waals surface area contributed by atoms with Gasteiger partial charge in [0.2, 0.25) is 15.9 Å². The summed E-state index contributed by atoms with van der Waals surface area (Å²) in [4.78, 5) is 14.4. The van der Waals surface area contributed by atoms with E-state index in [1.165, 1.54) is 22.9 Å². The van der Waals surface area contributed by atoms with E-state index in [0.29, 0.717) is 6.54 Å². The first-order chi connectivity index (χ1) is 13.7. The van der Waals surface area contributed by atoms with Gasteiger partial charge in [-0.2, -0.15) is 0 Å². The lowest BCUT2D eigenvalue weighted by atomic mass is 10.1. The van der Waals surface area contributed by atoms with Crippen LogP contribution in [0.15, 0.2) is 71.6 Å². The molecule has 0 spiro atoms. The molecule has 0 saturated heterocycles. The van der Waals surface area contributed by atoms with Crippen molar-refractivity contribution >= 4 is 26.7 Å². The molecule has 0 aliphatic rings. The number of carbonyl (C=O) groups excluding carboxylic acids is 1. The van der Waals surface area contributed by atoms with E-state index in [4.69, 9.17) is 5.14 Å². The number of nitrogens with zero attached hydrogens (tertiary/aromatic N) is 1. The third-order valence-electron chi connectivity index (χ3n) is 4.77. The standard InChI is InChI=1S/C22H25N3O3S/c1-16(18-9-11-21(12-10-18)29(23,27)28)24-22(26)15-25(2)14-17-7-8-19-5-3-4-6-20(19)13-17/h3-13,16H,14-15H2,1-2H3,(H,24,26)(H2,23,27,28)/t16-/m0/s1. The molecule has 3 N–H and O–H groups in total. The van der Waals surface area contributed by atoms with Crippen molar-refractivity contribution in [2.75, 3.05) is 13.6 Å². The predicted molar refractivity (Wildman–Crippen MR) is 115 cm³/mol. The molecule has 0 heterocycles. The monoisotopic (exact) mass is 411 g/mol. The number of amides is 1. The molecular formula is C22H25N3O3S. The lowest BCUT2D eigenvalue weighted by Crippen LogP contribution is -2.36. The number of nitrogens with two attached hydrogens (primary N) is 1. The largest absolute Gasteiger partial charge is 0.348 e. The number of hydrogen-bond acceptors (Lipinski definition) is 4. The molecule has 1 atom stereocenters. The Balaban J connectivity index is 1.56. The topological polar surface area (TPSA) is 92.5 Å². The molecule has 3 rings (SSSR count). The van der Waals surface area contributed by atoms with E-state index in [1.54, 1.807) is 12.1 Å². The minimum absolute atomic E-state index is 0.0508. The lowest BCUT2D eigenvalue weighted by Gasteiger charge is -2.19. The minimum Gasteiger partial charge on any atom is -0.348 e. The molecule has 0 unspecified atom stereocenters. The Kier molecular flexibility index (Phi) is 6.32. The molecule has 3 aromatic rings. The fourth-order valence-electron chi connectivity index (χ4n) is 3.27. The highest BCUT2D eigenvalue weighted by Crippen LogP contribution is 2.17. The lowest BCUT2D eigenvalue weighted by molar-refractivity contribution is -0.122. The van der Waals surface area contributed by atoms with Crippen LogP contribution in [0, 0.1) is 0 Å². The molecule has 0 saturated carbocycles. The molecule has 0 aliphatic heterocycles. The molecule has 0 radical (unpaired) electrons.